The van der Waals surface area contributed by atoms with Crippen molar-refractivity contribution in [1.82, 2.24) is 0 Å². The van der Waals surface area contributed by atoms with Gasteiger partial charge in [-0.1, -0.05) is 38.2 Å². The fraction of sp³-hybridized carbons (Fsp3) is 0.538. The Kier molecular flexibility index (Phi) is 3.89. The molecule has 1 nitrogen and oxygen atoms in total. The van der Waals surface area contributed by atoms with Gasteiger partial charge in [-0.3, -0.25) is 0 Å². The SMILES string of the molecule is Oc1ccc(CC2CCCCC2)c(I)c1. The Bertz CT molecular complexity index is 329. The maximum absolute atomic E-state index is 9.34. The molecule has 1 aromatic carbocycles. The Hall–Kier alpha value is -0.250. The lowest BCUT2D eigenvalue weighted by atomic mass is 9.85. The molecule has 0 unspecified atom stereocenters. The van der Waals surface area contributed by atoms with Crippen LogP contribution in [-0.4, -0.2) is 5.11 Å². The second-order valence-electron chi connectivity index (χ2n) is 4.48. The standard InChI is InChI=1S/C13H17IO/c14-13-9-12(15)7-6-11(13)8-10-4-2-1-3-5-10/h6-7,9-10,15H,1-5,8H2. The summed E-state index contributed by atoms with van der Waals surface area (Å²) < 4.78 is 1.21. The zero-order chi connectivity index (χ0) is 10.7. The Labute approximate surface area is 105 Å². The van der Waals surface area contributed by atoms with Gasteiger partial charge in [-0.15, -0.1) is 0 Å². The third-order valence-electron chi connectivity index (χ3n) is 3.27. The summed E-state index contributed by atoms with van der Waals surface area (Å²) in [5.74, 6) is 1.25. The van der Waals surface area contributed by atoms with Gasteiger partial charge in [0.2, 0.25) is 0 Å². The summed E-state index contributed by atoms with van der Waals surface area (Å²) in [7, 11) is 0. The number of phenolic OH excluding ortho intramolecular Hbond substituents is 1. The van der Waals surface area contributed by atoms with E-state index in [9.17, 15) is 5.11 Å². The Morgan fingerprint density at radius 3 is 2.60 bits per heavy atom. The number of halogens is 1. The lowest BCUT2D eigenvalue weighted by Gasteiger charge is -2.22. The molecule has 0 aromatic heterocycles. The highest BCUT2D eigenvalue weighted by molar-refractivity contribution is 14.1. The predicted molar refractivity (Wildman–Crippen MR) is 71.1 cm³/mol. The van der Waals surface area contributed by atoms with Crippen LogP contribution in [0.5, 0.6) is 5.75 Å². The van der Waals surface area contributed by atoms with E-state index in [1.165, 1.54) is 47.7 Å². The van der Waals surface area contributed by atoms with Crippen LogP contribution in [0.25, 0.3) is 0 Å². The molecule has 0 amide bonds. The average Bonchev–Trinajstić information content (AvgIpc) is 2.24. The highest BCUT2D eigenvalue weighted by Crippen LogP contribution is 2.29. The van der Waals surface area contributed by atoms with Crippen molar-refractivity contribution in [3.8, 4) is 5.75 Å². The monoisotopic (exact) mass is 316 g/mol. The van der Waals surface area contributed by atoms with Gasteiger partial charge in [0.25, 0.3) is 0 Å². The summed E-state index contributed by atoms with van der Waals surface area (Å²) in [6, 6.07) is 5.74. The molecular weight excluding hydrogens is 299 g/mol. The molecule has 1 fully saturated rings. The lowest BCUT2D eigenvalue weighted by molar-refractivity contribution is 0.356. The number of rotatable bonds is 2. The summed E-state index contributed by atoms with van der Waals surface area (Å²) in [6.45, 7) is 0. The molecule has 15 heavy (non-hydrogen) atoms. The van der Waals surface area contributed by atoms with Crippen molar-refractivity contribution in [1.29, 1.82) is 0 Å². The number of aromatic hydroxyl groups is 1. The van der Waals surface area contributed by atoms with Gasteiger partial charge in [-0.05, 0) is 52.6 Å². The van der Waals surface area contributed by atoms with Crippen LogP contribution in [0.4, 0.5) is 0 Å². The first-order valence-electron chi connectivity index (χ1n) is 5.73. The van der Waals surface area contributed by atoms with Crippen molar-refractivity contribution < 1.29 is 5.11 Å². The molecule has 0 heterocycles. The van der Waals surface area contributed by atoms with Crippen LogP contribution >= 0.6 is 22.6 Å². The zero-order valence-electron chi connectivity index (χ0n) is 8.88. The van der Waals surface area contributed by atoms with Crippen LogP contribution < -0.4 is 0 Å². The molecule has 1 aromatic rings. The van der Waals surface area contributed by atoms with Crippen molar-refractivity contribution in [2.24, 2.45) is 5.92 Å². The maximum atomic E-state index is 9.34. The molecule has 1 N–H and O–H groups in total. The summed E-state index contributed by atoms with van der Waals surface area (Å²) in [4.78, 5) is 0. The number of phenols is 1. The van der Waals surface area contributed by atoms with E-state index in [0.29, 0.717) is 5.75 Å². The lowest BCUT2D eigenvalue weighted by Crippen LogP contribution is -2.09. The quantitative estimate of drug-likeness (QED) is 0.814. The molecule has 2 rings (SSSR count). The molecule has 1 aliphatic rings. The van der Waals surface area contributed by atoms with Crippen molar-refractivity contribution in [2.45, 2.75) is 38.5 Å². The molecule has 0 atom stereocenters. The van der Waals surface area contributed by atoms with E-state index < -0.39 is 0 Å². The van der Waals surface area contributed by atoms with Crippen molar-refractivity contribution >= 4 is 22.6 Å². The van der Waals surface area contributed by atoms with Crippen LogP contribution in [0.2, 0.25) is 0 Å². The van der Waals surface area contributed by atoms with Gasteiger partial charge in [0.05, 0.1) is 0 Å². The van der Waals surface area contributed by atoms with E-state index in [2.05, 4.69) is 28.7 Å². The molecular formula is C13H17IO. The predicted octanol–water partition coefficient (Wildman–Crippen LogP) is 4.12. The molecule has 0 spiro atoms. The summed E-state index contributed by atoms with van der Waals surface area (Å²) in [6.07, 6.45) is 8.19. The summed E-state index contributed by atoms with van der Waals surface area (Å²) in [5.41, 5.74) is 1.40. The second-order valence-corrected chi connectivity index (χ2v) is 5.65. The Morgan fingerprint density at radius 2 is 1.93 bits per heavy atom. The van der Waals surface area contributed by atoms with Gasteiger partial charge in [0, 0.05) is 3.57 Å². The van der Waals surface area contributed by atoms with Gasteiger partial charge in [-0.2, -0.15) is 0 Å². The summed E-state index contributed by atoms with van der Waals surface area (Å²) in [5, 5.41) is 9.34. The fourth-order valence-corrected chi connectivity index (χ4v) is 3.12. The van der Waals surface area contributed by atoms with Crippen LogP contribution in [0.3, 0.4) is 0 Å². The molecule has 0 radical (unpaired) electrons. The summed E-state index contributed by atoms with van der Waals surface area (Å²) >= 11 is 2.32. The molecule has 0 aliphatic heterocycles. The molecule has 1 saturated carbocycles. The smallest absolute Gasteiger partial charge is 0.116 e. The molecule has 0 saturated heterocycles. The van der Waals surface area contributed by atoms with Gasteiger partial charge in [-0.25, -0.2) is 0 Å². The van der Waals surface area contributed by atoms with E-state index in [1.54, 1.807) is 6.07 Å². The van der Waals surface area contributed by atoms with E-state index in [0.717, 1.165) is 5.92 Å². The molecule has 2 heteroatoms. The minimum Gasteiger partial charge on any atom is -0.508 e. The topological polar surface area (TPSA) is 20.2 Å². The van der Waals surface area contributed by atoms with Gasteiger partial charge >= 0.3 is 0 Å². The minimum absolute atomic E-state index is 0.381. The van der Waals surface area contributed by atoms with Crippen molar-refractivity contribution in [3.63, 3.8) is 0 Å². The third kappa shape index (κ3) is 3.10. The zero-order valence-corrected chi connectivity index (χ0v) is 11.0. The molecule has 82 valence electrons. The second kappa shape index (κ2) is 5.19. The van der Waals surface area contributed by atoms with E-state index in [4.69, 9.17) is 0 Å². The highest BCUT2D eigenvalue weighted by Gasteiger charge is 2.15. The maximum Gasteiger partial charge on any atom is 0.116 e. The van der Waals surface area contributed by atoms with E-state index in [-0.39, 0.29) is 0 Å². The largest absolute Gasteiger partial charge is 0.508 e. The van der Waals surface area contributed by atoms with Gasteiger partial charge in [0.1, 0.15) is 5.75 Å². The van der Waals surface area contributed by atoms with Crippen LogP contribution in [0.1, 0.15) is 37.7 Å². The van der Waals surface area contributed by atoms with Crippen LogP contribution in [-0.2, 0) is 6.42 Å². The first kappa shape index (κ1) is 11.2. The molecule has 1 aliphatic carbocycles. The minimum atomic E-state index is 0.381. The number of benzene rings is 1. The Balaban J connectivity index is 2.03. The average molecular weight is 316 g/mol. The molecule has 0 bridgehead atoms. The van der Waals surface area contributed by atoms with Gasteiger partial charge in [0.15, 0.2) is 0 Å². The van der Waals surface area contributed by atoms with Crippen molar-refractivity contribution in [3.05, 3.63) is 27.3 Å². The van der Waals surface area contributed by atoms with Gasteiger partial charge < -0.3 is 5.11 Å². The Morgan fingerprint density at radius 1 is 1.20 bits per heavy atom. The fourth-order valence-electron chi connectivity index (χ4n) is 2.40. The highest BCUT2D eigenvalue weighted by atomic mass is 127. The normalized spacial score (nSPS) is 17.9. The number of hydrogen-bond donors (Lipinski definition) is 1. The van der Waals surface area contributed by atoms with Crippen molar-refractivity contribution in [2.75, 3.05) is 0 Å². The van der Waals surface area contributed by atoms with E-state index in [1.807, 2.05) is 6.07 Å². The first-order valence-corrected chi connectivity index (χ1v) is 6.81. The third-order valence-corrected chi connectivity index (χ3v) is 4.27. The van der Waals surface area contributed by atoms with Crippen LogP contribution in [0.15, 0.2) is 18.2 Å². The van der Waals surface area contributed by atoms with E-state index >= 15 is 0 Å². The first-order chi connectivity index (χ1) is 7.25. The number of hydrogen-bond acceptors (Lipinski definition) is 1. The van der Waals surface area contributed by atoms with Crippen LogP contribution in [0, 0.1) is 9.49 Å².